The number of hydrogen-bond donors (Lipinski definition) is 0. The van der Waals surface area contributed by atoms with E-state index in [2.05, 4.69) is 10.1 Å². The molecule has 136 valence electrons. The van der Waals surface area contributed by atoms with Gasteiger partial charge in [0.05, 0.1) is 23.5 Å². The standard InChI is InChI=1S/C19H14Cl2N4O2/c20-13-6-7-16(21)17(10-13)27-9-8-24-12-22-18-15(19(24)26)11-23-25(18)14-4-2-1-3-5-14/h1-7,10-12H,8-9H2. The van der Waals surface area contributed by atoms with E-state index in [1.165, 1.54) is 17.1 Å². The molecule has 0 aliphatic rings. The van der Waals surface area contributed by atoms with E-state index in [9.17, 15) is 4.79 Å². The summed E-state index contributed by atoms with van der Waals surface area (Å²) in [5.74, 6) is 0.475. The number of benzene rings is 2. The van der Waals surface area contributed by atoms with Crippen LogP contribution in [0.1, 0.15) is 0 Å². The minimum Gasteiger partial charge on any atom is -0.490 e. The van der Waals surface area contributed by atoms with Crippen LogP contribution in [-0.2, 0) is 6.54 Å². The number of hydrogen-bond acceptors (Lipinski definition) is 4. The molecule has 4 aromatic rings. The number of ether oxygens (including phenoxy) is 1. The molecule has 0 aliphatic heterocycles. The second kappa shape index (κ2) is 7.42. The zero-order valence-electron chi connectivity index (χ0n) is 14.0. The highest BCUT2D eigenvalue weighted by atomic mass is 35.5. The predicted molar refractivity (Wildman–Crippen MR) is 105 cm³/mol. The minimum absolute atomic E-state index is 0.178. The molecule has 0 unspecified atom stereocenters. The van der Waals surface area contributed by atoms with Crippen molar-refractivity contribution < 1.29 is 4.74 Å². The largest absolute Gasteiger partial charge is 0.490 e. The minimum atomic E-state index is -0.178. The van der Waals surface area contributed by atoms with Crippen LogP contribution in [0.3, 0.4) is 0 Å². The molecule has 2 aromatic heterocycles. The van der Waals surface area contributed by atoms with E-state index in [1.807, 2.05) is 30.3 Å². The first-order valence-corrected chi connectivity index (χ1v) is 8.95. The van der Waals surface area contributed by atoms with Crippen molar-refractivity contribution in [3.05, 3.63) is 81.5 Å². The number of para-hydroxylation sites is 1. The normalized spacial score (nSPS) is 11.0. The van der Waals surface area contributed by atoms with Crippen LogP contribution >= 0.6 is 23.2 Å². The van der Waals surface area contributed by atoms with Crippen molar-refractivity contribution in [2.75, 3.05) is 6.61 Å². The second-order valence-corrected chi connectivity index (χ2v) is 6.64. The number of nitrogens with zero attached hydrogens (tertiary/aromatic N) is 4. The molecular weight excluding hydrogens is 387 g/mol. The van der Waals surface area contributed by atoms with E-state index in [4.69, 9.17) is 27.9 Å². The smallest absolute Gasteiger partial charge is 0.264 e. The molecule has 0 amide bonds. The van der Waals surface area contributed by atoms with Crippen LogP contribution in [0, 0.1) is 0 Å². The van der Waals surface area contributed by atoms with Crippen LogP contribution < -0.4 is 10.3 Å². The van der Waals surface area contributed by atoms with Crippen LogP contribution in [0.5, 0.6) is 5.75 Å². The summed E-state index contributed by atoms with van der Waals surface area (Å²) < 4.78 is 8.76. The lowest BCUT2D eigenvalue weighted by atomic mass is 10.3. The summed E-state index contributed by atoms with van der Waals surface area (Å²) in [4.78, 5) is 17.1. The Labute approximate surface area is 164 Å². The fraction of sp³-hybridized carbons (Fsp3) is 0.105. The molecular formula is C19H14Cl2N4O2. The van der Waals surface area contributed by atoms with Crippen molar-refractivity contribution in [2.24, 2.45) is 0 Å². The van der Waals surface area contributed by atoms with E-state index in [1.54, 1.807) is 22.9 Å². The Kier molecular flexibility index (Phi) is 4.83. The average Bonchev–Trinajstić information content (AvgIpc) is 3.12. The first kappa shape index (κ1) is 17.6. The molecule has 0 saturated heterocycles. The predicted octanol–water partition coefficient (Wildman–Crippen LogP) is 3.97. The molecule has 8 heteroatoms. The van der Waals surface area contributed by atoms with Gasteiger partial charge in [0.1, 0.15) is 24.1 Å². The van der Waals surface area contributed by atoms with Gasteiger partial charge in [-0.1, -0.05) is 41.4 Å². The number of rotatable bonds is 5. The average molecular weight is 401 g/mol. The zero-order chi connectivity index (χ0) is 18.8. The quantitative estimate of drug-likeness (QED) is 0.508. The Bertz CT molecular complexity index is 1160. The molecule has 27 heavy (non-hydrogen) atoms. The highest BCUT2D eigenvalue weighted by Crippen LogP contribution is 2.27. The van der Waals surface area contributed by atoms with E-state index >= 15 is 0 Å². The van der Waals surface area contributed by atoms with Crippen molar-refractivity contribution in [2.45, 2.75) is 6.54 Å². The first-order valence-electron chi connectivity index (χ1n) is 8.20. The van der Waals surface area contributed by atoms with Crippen molar-refractivity contribution in [1.29, 1.82) is 0 Å². The Morgan fingerprint density at radius 2 is 1.89 bits per heavy atom. The van der Waals surface area contributed by atoms with Gasteiger partial charge in [0.25, 0.3) is 5.56 Å². The van der Waals surface area contributed by atoms with Gasteiger partial charge in [-0.3, -0.25) is 9.36 Å². The van der Waals surface area contributed by atoms with Gasteiger partial charge in [-0.15, -0.1) is 0 Å². The molecule has 6 nitrogen and oxygen atoms in total. The third-order valence-electron chi connectivity index (χ3n) is 4.04. The topological polar surface area (TPSA) is 61.9 Å². The summed E-state index contributed by atoms with van der Waals surface area (Å²) in [6.45, 7) is 0.571. The summed E-state index contributed by atoms with van der Waals surface area (Å²) in [5.41, 5.74) is 1.18. The molecule has 0 bridgehead atoms. The summed E-state index contributed by atoms with van der Waals surface area (Å²) >= 11 is 12.0. The lowest BCUT2D eigenvalue weighted by molar-refractivity contribution is 0.296. The fourth-order valence-corrected chi connectivity index (χ4v) is 3.04. The van der Waals surface area contributed by atoms with Gasteiger partial charge < -0.3 is 4.74 Å². The molecule has 2 aromatic carbocycles. The fourth-order valence-electron chi connectivity index (χ4n) is 2.71. The Balaban J connectivity index is 1.56. The van der Waals surface area contributed by atoms with Gasteiger partial charge >= 0.3 is 0 Å². The number of aromatic nitrogens is 4. The van der Waals surface area contributed by atoms with Crippen molar-refractivity contribution in [3.63, 3.8) is 0 Å². The van der Waals surface area contributed by atoms with Crippen LogP contribution in [0.25, 0.3) is 16.7 Å². The summed E-state index contributed by atoms with van der Waals surface area (Å²) in [6, 6.07) is 14.5. The SMILES string of the molecule is O=c1c2cnn(-c3ccccc3)c2ncn1CCOc1cc(Cl)ccc1Cl. The third-order valence-corrected chi connectivity index (χ3v) is 4.59. The molecule has 0 spiro atoms. The van der Waals surface area contributed by atoms with Crippen molar-refractivity contribution in [3.8, 4) is 11.4 Å². The molecule has 0 saturated carbocycles. The molecule has 0 aliphatic carbocycles. The zero-order valence-corrected chi connectivity index (χ0v) is 15.6. The monoisotopic (exact) mass is 400 g/mol. The maximum absolute atomic E-state index is 12.7. The van der Waals surface area contributed by atoms with Crippen LogP contribution in [0.4, 0.5) is 0 Å². The number of halogens is 2. The Morgan fingerprint density at radius 1 is 1.07 bits per heavy atom. The van der Waals surface area contributed by atoms with Gasteiger partial charge in [-0.05, 0) is 24.3 Å². The van der Waals surface area contributed by atoms with Gasteiger partial charge in [0.15, 0.2) is 5.65 Å². The van der Waals surface area contributed by atoms with Gasteiger partial charge in [-0.25, -0.2) is 9.67 Å². The van der Waals surface area contributed by atoms with Gasteiger partial charge in [-0.2, -0.15) is 5.10 Å². The molecule has 0 atom stereocenters. The van der Waals surface area contributed by atoms with Crippen LogP contribution in [-0.4, -0.2) is 25.9 Å². The van der Waals surface area contributed by atoms with E-state index in [-0.39, 0.29) is 12.2 Å². The third kappa shape index (κ3) is 3.54. The summed E-state index contributed by atoms with van der Waals surface area (Å²) in [5, 5.41) is 5.73. The molecule has 0 N–H and O–H groups in total. The van der Waals surface area contributed by atoms with Crippen LogP contribution in [0.15, 0.2) is 65.8 Å². The Morgan fingerprint density at radius 3 is 2.70 bits per heavy atom. The first-order chi connectivity index (χ1) is 13.1. The molecule has 0 fully saturated rings. The second-order valence-electron chi connectivity index (χ2n) is 5.80. The molecule has 2 heterocycles. The van der Waals surface area contributed by atoms with E-state index in [0.717, 1.165) is 5.69 Å². The Hall–Kier alpha value is -2.83. The lowest BCUT2D eigenvalue weighted by Gasteiger charge is -2.10. The van der Waals surface area contributed by atoms with Crippen molar-refractivity contribution in [1.82, 2.24) is 19.3 Å². The maximum atomic E-state index is 12.7. The summed E-state index contributed by atoms with van der Waals surface area (Å²) in [6.07, 6.45) is 3.03. The van der Waals surface area contributed by atoms with E-state index in [0.29, 0.717) is 33.4 Å². The van der Waals surface area contributed by atoms with E-state index < -0.39 is 0 Å². The van der Waals surface area contributed by atoms with Crippen LogP contribution in [0.2, 0.25) is 10.0 Å². The highest BCUT2D eigenvalue weighted by molar-refractivity contribution is 6.34. The molecule has 4 rings (SSSR count). The lowest BCUT2D eigenvalue weighted by Crippen LogP contribution is -2.23. The summed E-state index contributed by atoms with van der Waals surface area (Å²) in [7, 11) is 0. The van der Waals surface area contributed by atoms with Crippen molar-refractivity contribution >= 4 is 34.2 Å². The molecule has 0 radical (unpaired) electrons. The highest BCUT2D eigenvalue weighted by Gasteiger charge is 2.11. The number of fused-ring (bicyclic) bond motifs is 1. The van der Waals surface area contributed by atoms with Gasteiger partial charge in [0.2, 0.25) is 0 Å². The maximum Gasteiger partial charge on any atom is 0.264 e. The van der Waals surface area contributed by atoms with Gasteiger partial charge in [0, 0.05) is 11.1 Å².